The van der Waals surface area contributed by atoms with Gasteiger partial charge in [-0.3, -0.25) is 0 Å². The molecule has 0 amide bonds. The van der Waals surface area contributed by atoms with Gasteiger partial charge in [0, 0.05) is 16.8 Å². The standard InChI is InChI=1S/C19H15Cl2N5/c1-11-9-12(2)26(25-11)19-23-17-6-4-3-5-14(17)18(24-19)22-13-7-8-15(20)16(21)10-13/h3-10H,1-2H3,(H,22,23,24). The van der Waals surface area contributed by atoms with Crippen molar-refractivity contribution in [2.75, 3.05) is 5.32 Å². The molecule has 0 saturated heterocycles. The van der Waals surface area contributed by atoms with Gasteiger partial charge in [-0.05, 0) is 50.2 Å². The van der Waals surface area contributed by atoms with Gasteiger partial charge in [0.25, 0.3) is 5.95 Å². The molecule has 0 bridgehead atoms. The van der Waals surface area contributed by atoms with Gasteiger partial charge in [-0.25, -0.2) is 9.67 Å². The van der Waals surface area contributed by atoms with Gasteiger partial charge in [0.05, 0.1) is 21.3 Å². The molecule has 0 unspecified atom stereocenters. The van der Waals surface area contributed by atoms with Crippen molar-refractivity contribution in [3.8, 4) is 5.95 Å². The Labute approximate surface area is 160 Å². The van der Waals surface area contributed by atoms with Gasteiger partial charge in [-0.15, -0.1) is 0 Å². The minimum Gasteiger partial charge on any atom is -0.340 e. The van der Waals surface area contributed by atoms with E-state index in [1.807, 2.05) is 50.2 Å². The van der Waals surface area contributed by atoms with Crippen LogP contribution in [-0.4, -0.2) is 19.7 Å². The maximum Gasteiger partial charge on any atom is 0.253 e. The van der Waals surface area contributed by atoms with Gasteiger partial charge < -0.3 is 5.32 Å². The number of fused-ring (bicyclic) bond motifs is 1. The molecule has 0 aliphatic rings. The number of hydrogen-bond acceptors (Lipinski definition) is 4. The number of benzene rings is 2. The highest BCUT2D eigenvalue weighted by Gasteiger charge is 2.12. The largest absolute Gasteiger partial charge is 0.340 e. The second kappa shape index (κ2) is 6.59. The zero-order chi connectivity index (χ0) is 18.3. The fraction of sp³-hybridized carbons (Fsp3) is 0.105. The predicted octanol–water partition coefficient (Wildman–Crippen LogP) is 5.48. The molecule has 0 saturated carbocycles. The smallest absolute Gasteiger partial charge is 0.253 e. The Hall–Kier alpha value is -2.63. The molecule has 0 aliphatic carbocycles. The minimum absolute atomic E-state index is 0.480. The number of aromatic nitrogens is 4. The highest BCUT2D eigenvalue weighted by atomic mass is 35.5. The first-order valence-corrected chi connectivity index (χ1v) is 8.79. The summed E-state index contributed by atoms with van der Waals surface area (Å²) in [5, 5.41) is 9.70. The van der Waals surface area contributed by atoms with Gasteiger partial charge >= 0.3 is 0 Å². The lowest BCUT2D eigenvalue weighted by Gasteiger charge is -2.12. The first-order valence-electron chi connectivity index (χ1n) is 8.04. The fourth-order valence-corrected chi connectivity index (χ4v) is 3.09. The molecule has 4 aromatic rings. The highest BCUT2D eigenvalue weighted by Crippen LogP contribution is 2.29. The van der Waals surface area contributed by atoms with Crippen LogP contribution in [0, 0.1) is 13.8 Å². The molecule has 0 atom stereocenters. The monoisotopic (exact) mass is 383 g/mol. The molecule has 130 valence electrons. The average molecular weight is 384 g/mol. The van der Waals surface area contributed by atoms with Crippen LogP contribution in [0.4, 0.5) is 11.5 Å². The summed E-state index contributed by atoms with van der Waals surface area (Å²) >= 11 is 12.1. The number of aryl methyl sites for hydroxylation is 2. The molecule has 4 rings (SSSR count). The Morgan fingerprint density at radius 3 is 2.46 bits per heavy atom. The molecule has 26 heavy (non-hydrogen) atoms. The lowest BCUT2D eigenvalue weighted by atomic mass is 10.2. The van der Waals surface area contributed by atoms with Crippen LogP contribution < -0.4 is 5.32 Å². The number of nitrogens with one attached hydrogen (secondary N) is 1. The summed E-state index contributed by atoms with van der Waals surface area (Å²) in [5.74, 6) is 1.19. The predicted molar refractivity (Wildman–Crippen MR) is 106 cm³/mol. The molecule has 5 nitrogen and oxygen atoms in total. The summed E-state index contributed by atoms with van der Waals surface area (Å²) in [6.07, 6.45) is 0. The minimum atomic E-state index is 0.480. The zero-order valence-electron chi connectivity index (χ0n) is 14.2. The van der Waals surface area contributed by atoms with Crippen molar-refractivity contribution >= 4 is 45.6 Å². The Balaban J connectivity index is 1.87. The SMILES string of the molecule is Cc1cc(C)n(-c2nc(Nc3ccc(Cl)c(Cl)c3)c3ccccc3n2)n1. The van der Waals surface area contributed by atoms with E-state index in [9.17, 15) is 0 Å². The summed E-state index contributed by atoms with van der Waals surface area (Å²) in [7, 11) is 0. The number of anilines is 2. The normalized spacial score (nSPS) is 11.1. The van der Waals surface area contributed by atoms with Crippen molar-refractivity contribution in [1.29, 1.82) is 0 Å². The third kappa shape index (κ3) is 3.11. The van der Waals surface area contributed by atoms with E-state index in [1.165, 1.54) is 0 Å². The summed E-state index contributed by atoms with van der Waals surface area (Å²) in [6.45, 7) is 3.92. The van der Waals surface area contributed by atoms with Crippen molar-refractivity contribution in [1.82, 2.24) is 19.7 Å². The van der Waals surface area contributed by atoms with Crippen molar-refractivity contribution in [3.63, 3.8) is 0 Å². The number of hydrogen-bond donors (Lipinski definition) is 1. The van der Waals surface area contributed by atoms with Crippen LogP contribution in [0.1, 0.15) is 11.4 Å². The molecule has 2 heterocycles. The summed E-state index contributed by atoms with van der Waals surface area (Å²) < 4.78 is 1.74. The highest BCUT2D eigenvalue weighted by molar-refractivity contribution is 6.42. The third-order valence-corrected chi connectivity index (χ3v) is 4.71. The number of para-hydroxylation sites is 1. The van der Waals surface area contributed by atoms with Crippen molar-refractivity contribution < 1.29 is 0 Å². The van der Waals surface area contributed by atoms with Crippen LogP contribution in [0.15, 0.2) is 48.5 Å². The van der Waals surface area contributed by atoms with E-state index < -0.39 is 0 Å². The van der Waals surface area contributed by atoms with Gasteiger partial charge in [-0.1, -0.05) is 35.3 Å². The molecule has 1 N–H and O–H groups in total. The number of nitrogens with zero attached hydrogens (tertiary/aromatic N) is 4. The average Bonchev–Trinajstić information content (AvgIpc) is 2.96. The second-order valence-electron chi connectivity index (χ2n) is 5.98. The lowest BCUT2D eigenvalue weighted by molar-refractivity contribution is 0.781. The maximum atomic E-state index is 6.13. The van der Waals surface area contributed by atoms with Crippen LogP contribution >= 0.6 is 23.2 Å². The first-order chi connectivity index (χ1) is 12.5. The molecule has 0 spiro atoms. The molecular weight excluding hydrogens is 369 g/mol. The van der Waals surface area contributed by atoms with E-state index in [-0.39, 0.29) is 0 Å². The van der Waals surface area contributed by atoms with Crippen LogP contribution in [0.25, 0.3) is 16.9 Å². The molecule has 0 aliphatic heterocycles. The molecular formula is C19H15Cl2N5. The van der Waals surface area contributed by atoms with Gasteiger partial charge in [0.1, 0.15) is 5.82 Å². The second-order valence-corrected chi connectivity index (χ2v) is 6.80. The van der Waals surface area contributed by atoms with E-state index in [0.717, 1.165) is 28.0 Å². The number of rotatable bonds is 3. The third-order valence-electron chi connectivity index (χ3n) is 3.97. The molecule has 0 radical (unpaired) electrons. The summed E-state index contributed by atoms with van der Waals surface area (Å²) in [6, 6.07) is 15.2. The summed E-state index contributed by atoms with van der Waals surface area (Å²) in [5.41, 5.74) is 3.51. The van der Waals surface area contributed by atoms with Crippen molar-refractivity contribution in [2.45, 2.75) is 13.8 Å². The first kappa shape index (κ1) is 16.8. The quantitative estimate of drug-likeness (QED) is 0.508. The maximum absolute atomic E-state index is 6.13. The van der Waals surface area contributed by atoms with Crippen molar-refractivity contribution in [3.05, 3.63) is 70.0 Å². The zero-order valence-corrected chi connectivity index (χ0v) is 15.7. The van der Waals surface area contributed by atoms with E-state index in [2.05, 4.69) is 15.4 Å². The van der Waals surface area contributed by atoms with E-state index in [4.69, 9.17) is 28.2 Å². The Bertz CT molecular complexity index is 1120. The van der Waals surface area contributed by atoms with Crippen LogP contribution in [0.2, 0.25) is 10.0 Å². The van der Waals surface area contributed by atoms with Crippen molar-refractivity contribution in [2.24, 2.45) is 0 Å². The van der Waals surface area contributed by atoms with E-state index in [0.29, 0.717) is 21.8 Å². The summed E-state index contributed by atoms with van der Waals surface area (Å²) in [4.78, 5) is 9.35. The van der Waals surface area contributed by atoms with Crippen LogP contribution in [-0.2, 0) is 0 Å². The Kier molecular flexibility index (Phi) is 4.26. The van der Waals surface area contributed by atoms with Crippen LogP contribution in [0.5, 0.6) is 0 Å². The van der Waals surface area contributed by atoms with Gasteiger partial charge in [0.2, 0.25) is 0 Å². The molecule has 7 heteroatoms. The molecule has 2 aromatic heterocycles. The Morgan fingerprint density at radius 1 is 0.923 bits per heavy atom. The van der Waals surface area contributed by atoms with E-state index in [1.54, 1.807) is 16.8 Å². The fourth-order valence-electron chi connectivity index (χ4n) is 2.80. The number of halogens is 2. The van der Waals surface area contributed by atoms with Gasteiger partial charge in [0.15, 0.2) is 0 Å². The van der Waals surface area contributed by atoms with Crippen LogP contribution in [0.3, 0.4) is 0 Å². The lowest BCUT2D eigenvalue weighted by Crippen LogP contribution is -2.07. The topological polar surface area (TPSA) is 55.6 Å². The van der Waals surface area contributed by atoms with Gasteiger partial charge in [-0.2, -0.15) is 10.1 Å². The van der Waals surface area contributed by atoms with E-state index >= 15 is 0 Å². The Morgan fingerprint density at radius 2 is 1.73 bits per heavy atom. The molecule has 0 fully saturated rings. The molecule has 2 aromatic carbocycles.